The fourth-order valence-electron chi connectivity index (χ4n) is 1.76. The Balaban J connectivity index is 2.35. The van der Waals surface area contributed by atoms with Gasteiger partial charge in [0.15, 0.2) is 0 Å². The number of nitrogens with zero attached hydrogens (tertiary/aromatic N) is 2. The summed E-state index contributed by atoms with van der Waals surface area (Å²) in [6.07, 6.45) is -5.88. The van der Waals surface area contributed by atoms with Gasteiger partial charge in [0.2, 0.25) is 11.8 Å². The van der Waals surface area contributed by atoms with Crippen molar-refractivity contribution in [1.82, 2.24) is 9.97 Å². The van der Waals surface area contributed by atoms with E-state index < -0.39 is 43.7 Å². The molecule has 0 saturated carbocycles. The van der Waals surface area contributed by atoms with Crippen molar-refractivity contribution in [3.05, 3.63) is 6.07 Å². The molecular weight excluding hydrogens is 378 g/mol. The van der Waals surface area contributed by atoms with Crippen LogP contribution in [0.2, 0.25) is 0 Å². The van der Waals surface area contributed by atoms with Crippen molar-refractivity contribution in [2.75, 3.05) is 26.1 Å². The second kappa shape index (κ2) is 10.5. The Morgan fingerprint density at radius 1 is 1.19 bits per heavy atom. The minimum Gasteiger partial charge on any atom is -0.481 e. The van der Waals surface area contributed by atoms with Crippen LogP contribution < -0.4 is 14.8 Å². The number of amides is 1. The number of halogens is 4. The highest BCUT2D eigenvalue weighted by Crippen LogP contribution is 2.27. The molecule has 0 aromatic carbocycles. The van der Waals surface area contributed by atoms with Crippen LogP contribution in [0.4, 0.5) is 23.4 Å². The summed E-state index contributed by atoms with van der Waals surface area (Å²) in [4.78, 5) is 31.0. The maximum Gasteiger partial charge on any atom is 0.321 e. The molecule has 0 bridgehead atoms. The van der Waals surface area contributed by atoms with Gasteiger partial charge in [0.1, 0.15) is 5.82 Å². The molecule has 1 amide bonds. The summed E-state index contributed by atoms with van der Waals surface area (Å²) in [7, 11) is 2.69. The molecule has 1 aromatic rings. The molecule has 0 atom stereocenters. The van der Waals surface area contributed by atoms with Gasteiger partial charge in [-0.3, -0.25) is 9.59 Å². The summed E-state index contributed by atoms with van der Waals surface area (Å²) >= 11 is 0. The Morgan fingerprint density at radius 3 is 2.48 bits per heavy atom. The van der Waals surface area contributed by atoms with E-state index in [0.29, 0.717) is 0 Å². The zero-order valence-corrected chi connectivity index (χ0v) is 14.6. The van der Waals surface area contributed by atoms with Crippen LogP contribution in [0.3, 0.4) is 0 Å². The molecule has 0 aliphatic carbocycles. The number of carbonyl (C=O) groups excluding carboxylic acids is 2. The first-order valence-electron chi connectivity index (χ1n) is 7.76. The second-order valence-electron chi connectivity index (χ2n) is 5.22. The molecular formula is C15H19F4N3O5. The number of alkyl halides is 4. The van der Waals surface area contributed by atoms with Gasteiger partial charge in [-0.2, -0.15) is 9.97 Å². The van der Waals surface area contributed by atoms with Gasteiger partial charge in [-0.05, 0) is 6.42 Å². The molecule has 0 aliphatic heterocycles. The van der Waals surface area contributed by atoms with Crippen molar-refractivity contribution in [2.45, 2.75) is 38.0 Å². The Hall–Kier alpha value is -2.66. The molecule has 27 heavy (non-hydrogen) atoms. The number of nitrogens with one attached hydrogen (secondary N) is 1. The first-order chi connectivity index (χ1) is 12.7. The molecule has 0 spiro atoms. The standard InChI is InChI=1S/C15H19F4N3O5/c1-25-11-8-9(21-14(22-11)26-2)20-10(23)4-5-12(24)27-7-3-6-15(18,19)13(16)17/h8,13H,3-7H2,1-2H3,(H,20,21,22,23). The van der Waals surface area contributed by atoms with Crippen molar-refractivity contribution in [3.8, 4) is 11.9 Å². The van der Waals surface area contributed by atoms with E-state index in [2.05, 4.69) is 20.0 Å². The largest absolute Gasteiger partial charge is 0.481 e. The summed E-state index contributed by atoms with van der Waals surface area (Å²) in [6, 6.07) is 1.30. The highest BCUT2D eigenvalue weighted by molar-refractivity contribution is 5.91. The third kappa shape index (κ3) is 8.05. The van der Waals surface area contributed by atoms with Gasteiger partial charge in [-0.15, -0.1) is 0 Å². The van der Waals surface area contributed by atoms with Crippen LogP contribution in [0.1, 0.15) is 25.7 Å². The molecule has 1 rings (SSSR count). The first-order valence-corrected chi connectivity index (χ1v) is 7.76. The van der Waals surface area contributed by atoms with Crippen LogP contribution in [0, 0.1) is 0 Å². The van der Waals surface area contributed by atoms with Crippen molar-refractivity contribution in [2.24, 2.45) is 0 Å². The van der Waals surface area contributed by atoms with E-state index in [4.69, 9.17) is 9.47 Å². The average molecular weight is 397 g/mol. The zero-order valence-electron chi connectivity index (χ0n) is 14.6. The molecule has 152 valence electrons. The molecule has 0 unspecified atom stereocenters. The summed E-state index contributed by atoms with van der Waals surface area (Å²) in [5.74, 6) is -5.27. The van der Waals surface area contributed by atoms with Crippen LogP contribution in [0.5, 0.6) is 11.9 Å². The fraction of sp³-hybridized carbons (Fsp3) is 0.600. The maximum absolute atomic E-state index is 12.7. The second-order valence-corrected chi connectivity index (χ2v) is 5.22. The fourth-order valence-corrected chi connectivity index (χ4v) is 1.76. The minimum absolute atomic E-state index is 0.0374. The lowest BCUT2D eigenvalue weighted by Crippen LogP contribution is -2.26. The van der Waals surface area contributed by atoms with Crippen LogP contribution in [-0.4, -0.2) is 55.0 Å². The number of anilines is 1. The summed E-state index contributed by atoms with van der Waals surface area (Å²) in [5, 5.41) is 2.41. The van der Waals surface area contributed by atoms with E-state index in [1.54, 1.807) is 0 Å². The summed E-state index contributed by atoms with van der Waals surface area (Å²) in [6.45, 7) is -0.441. The number of methoxy groups -OCH3 is 2. The third-order valence-corrected chi connectivity index (χ3v) is 3.13. The van der Waals surface area contributed by atoms with Crippen LogP contribution in [-0.2, 0) is 14.3 Å². The number of ether oxygens (including phenoxy) is 3. The van der Waals surface area contributed by atoms with Crippen molar-refractivity contribution in [3.63, 3.8) is 0 Å². The highest BCUT2D eigenvalue weighted by atomic mass is 19.3. The third-order valence-electron chi connectivity index (χ3n) is 3.13. The SMILES string of the molecule is COc1cc(NC(=O)CCC(=O)OCCCC(F)(F)C(F)F)nc(OC)n1. The van der Waals surface area contributed by atoms with E-state index in [9.17, 15) is 27.2 Å². The zero-order chi connectivity index (χ0) is 20.4. The van der Waals surface area contributed by atoms with Crippen molar-refractivity contribution < 1.29 is 41.4 Å². The lowest BCUT2D eigenvalue weighted by Gasteiger charge is -2.14. The minimum atomic E-state index is -4.12. The Labute approximate surface area is 152 Å². The summed E-state index contributed by atoms with van der Waals surface area (Å²) in [5.41, 5.74) is 0. The number of esters is 1. The molecule has 0 radical (unpaired) electrons. The number of carbonyl (C=O) groups is 2. The molecule has 0 fully saturated rings. The predicted molar refractivity (Wildman–Crippen MR) is 84.1 cm³/mol. The van der Waals surface area contributed by atoms with Crippen molar-refractivity contribution in [1.29, 1.82) is 0 Å². The van der Waals surface area contributed by atoms with E-state index in [-0.39, 0.29) is 30.5 Å². The molecule has 0 aliphatic rings. The molecule has 1 N–H and O–H groups in total. The van der Waals surface area contributed by atoms with Gasteiger partial charge >= 0.3 is 24.3 Å². The van der Waals surface area contributed by atoms with Gasteiger partial charge < -0.3 is 19.5 Å². The monoisotopic (exact) mass is 397 g/mol. The number of hydrogen-bond acceptors (Lipinski definition) is 7. The predicted octanol–water partition coefficient (Wildman–Crippen LogP) is 2.44. The quantitative estimate of drug-likeness (QED) is 0.348. The van der Waals surface area contributed by atoms with Gasteiger partial charge in [0.05, 0.1) is 27.2 Å². The van der Waals surface area contributed by atoms with E-state index >= 15 is 0 Å². The Kier molecular flexibility index (Phi) is 8.69. The molecule has 1 heterocycles. The molecule has 12 heteroatoms. The van der Waals surface area contributed by atoms with Crippen LogP contribution >= 0.6 is 0 Å². The first kappa shape index (κ1) is 22.4. The van der Waals surface area contributed by atoms with Crippen LogP contribution in [0.15, 0.2) is 6.07 Å². The van der Waals surface area contributed by atoms with Crippen molar-refractivity contribution >= 4 is 17.7 Å². The smallest absolute Gasteiger partial charge is 0.321 e. The lowest BCUT2D eigenvalue weighted by atomic mass is 10.2. The topological polar surface area (TPSA) is 99.6 Å². The normalized spacial score (nSPS) is 11.2. The van der Waals surface area contributed by atoms with Gasteiger partial charge in [-0.25, -0.2) is 17.6 Å². The Bertz CT molecular complexity index is 624. The molecule has 8 nitrogen and oxygen atoms in total. The van der Waals surface area contributed by atoms with Crippen LogP contribution in [0.25, 0.3) is 0 Å². The molecule has 1 aromatic heterocycles. The summed E-state index contributed by atoms with van der Waals surface area (Å²) < 4.78 is 63.6. The number of rotatable bonds is 11. The number of hydrogen-bond donors (Lipinski definition) is 1. The average Bonchev–Trinajstić information content (AvgIpc) is 2.63. The Morgan fingerprint density at radius 2 is 1.89 bits per heavy atom. The maximum atomic E-state index is 12.7. The van der Waals surface area contributed by atoms with Gasteiger partial charge in [-0.1, -0.05) is 0 Å². The van der Waals surface area contributed by atoms with E-state index in [1.807, 2.05) is 0 Å². The van der Waals surface area contributed by atoms with E-state index in [0.717, 1.165) is 0 Å². The number of aromatic nitrogens is 2. The molecule has 0 saturated heterocycles. The van der Waals surface area contributed by atoms with E-state index in [1.165, 1.54) is 20.3 Å². The van der Waals surface area contributed by atoms with Gasteiger partial charge in [0, 0.05) is 18.9 Å². The highest BCUT2D eigenvalue weighted by Gasteiger charge is 2.39. The lowest BCUT2D eigenvalue weighted by molar-refractivity contribution is -0.148. The van der Waals surface area contributed by atoms with Gasteiger partial charge in [0.25, 0.3) is 0 Å².